The van der Waals surface area contributed by atoms with Crippen LogP contribution in [-0.4, -0.2) is 17.4 Å². The SMILES string of the molecule is C[C@H]([NH2+]CC(=O)Nc1cccnc1Cl)c1ccc(F)c(F)c1. The van der Waals surface area contributed by atoms with Gasteiger partial charge in [-0.1, -0.05) is 11.6 Å². The van der Waals surface area contributed by atoms with Gasteiger partial charge in [-0.25, -0.2) is 13.8 Å². The highest BCUT2D eigenvalue weighted by molar-refractivity contribution is 6.32. The number of rotatable bonds is 5. The first-order chi connectivity index (χ1) is 10.5. The lowest BCUT2D eigenvalue weighted by atomic mass is 10.1. The lowest BCUT2D eigenvalue weighted by molar-refractivity contribution is -0.682. The van der Waals surface area contributed by atoms with Crippen molar-refractivity contribution in [1.82, 2.24) is 4.98 Å². The van der Waals surface area contributed by atoms with Crippen molar-refractivity contribution >= 4 is 23.2 Å². The second-order valence-electron chi connectivity index (χ2n) is 4.79. The average Bonchev–Trinajstić information content (AvgIpc) is 2.50. The first-order valence-corrected chi connectivity index (χ1v) is 7.04. The molecule has 0 saturated heterocycles. The Morgan fingerprint density at radius 1 is 1.36 bits per heavy atom. The molecule has 4 nitrogen and oxygen atoms in total. The van der Waals surface area contributed by atoms with Gasteiger partial charge >= 0.3 is 0 Å². The molecule has 0 aliphatic rings. The van der Waals surface area contributed by atoms with Gasteiger partial charge < -0.3 is 10.6 Å². The number of aromatic nitrogens is 1. The Kier molecular flexibility index (Phi) is 5.41. The van der Waals surface area contributed by atoms with E-state index < -0.39 is 11.6 Å². The molecule has 0 fully saturated rings. The number of anilines is 1. The van der Waals surface area contributed by atoms with E-state index in [4.69, 9.17) is 11.6 Å². The largest absolute Gasteiger partial charge is 0.333 e. The summed E-state index contributed by atoms with van der Waals surface area (Å²) in [5.41, 5.74) is 1.04. The fraction of sp³-hybridized carbons (Fsp3) is 0.200. The fourth-order valence-electron chi connectivity index (χ4n) is 1.90. The van der Waals surface area contributed by atoms with E-state index >= 15 is 0 Å². The number of quaternary nitrogens is 1. The number of carbonyl (C=O) groups excluding carboxylic acids is 1. The van der Waals surface area contributed by atoms with E-state index in [1.54, 1.807) is 24.4 Å². The molecule has 0 radical (unpaired) electrons. The second kappa shape index (κ2) is 7.29. The lowest BCUT2D eigenvalue weighted by Gasteiger charge is -2.11. The third-order valence-electron chi connectivity index (χ3n) is 3.16. The number of nitrogens with one attached hydrogen (secondary N) is 1. The van der Waals surface area contributed by atoms with E-state index in [2.05, 4.69) is 10.3 Å². The highest BCUT2D eigenvalue weighted by Gasteiger charge is 2.14. The maximum atomic E-state index is 13.2. The molecule has 3 N–H and O–H groups in total. The predicted octanol–water partition coefficient (Wildman–Crippen LogP) is 2.28. The van der Waals surface area contributed by atoms with Gasteiger partial charge in [0.05, 0.1) is 5.69 Å². The van der Waals surface area contributed by atoms with Gasteiger partial charge in [0.1, 0.15) is 6.04 Å². The molecular formula is C15H15ClF2N3O+. The number of amides is 1. The van der Waals surface area contributed by atoms with Crippen molar-refractivity contribution < 1.29 is 18.9 Å². The Morgan fingerprint density at radius 2 is 2.14 bits per heavy atom. The maximum Gasteiger partial charge on any atom is 0.279 e. The molecule has 0 bridgehead atoms. The molecule has 0 unspecified atom stereocenters. The first kappa shape index (κ1) is 16.3. The summed E-state index contributed by atoms with van der Waals surface area (Å²) in [5.74, 6) is -2.05. The zero-order valence-electron chi connectivity index (χ0n) is 11.8. The molecule has 1 atom stereocenters. The first-order valence-electron chi connectivity index (χ1n) is 6.66. The molecule has 1 amide bonds. The van der Waals surface area contributed by atoms with Crippen LogP contribution in [0.1, 0.15) is 18.5 Å². The minimum atomic E-state index is -0.899. The van der Waals surface area contributed by atoms with Gasteiger partial charge in [-0.3, -0.25) is 4.79 Å². The van der Waals surface area contributed by atoms with Crippen molar-refractivity contribution in [1.29, 1.82) is 0 Å². The standard InChI is InChI=1S/C15H14ClF2N3O/c1-9(10-4-5-11(17)12(18)7-10)20-8-14(22)21-13-3-2-6-19-15(13)16/h2-7,9,20H,8H2,1H3,(H,21,22)/p+1/t9-/m0/s1. The molecule has 1 heterocycles. The number of halogens is 3. The lowest BCUT2D eigenvalue weighted by Crippen LogP contribution is -2.86. The number of hydrogen-bond donors (Lipinski definition) is 2. The normalized spacial score (nSPS) is 12.0. The number of nitrogens with zero attached hydrogens (tertiary/aromatic N) is 1. The van der Waals surface area contributed by atoms with Crippen LogP contribution in [0.25, 0.3) is 0 Å². The van der Waals surface area contributed by atoms with E-state index in [1.165, 1.54) is 12.3 Å². The Hall–Kier alpha value is -2.05. The van der Waals surface area contributed by atoms with Crippen LogP contribution >= 0.6 is 11.6 Å². The average molecular weight is 327 g/mol. The molecule has 0 aliphatic carbocycles. The summed E-state index contributed by atoms with van der Waals surface area (Å²) in [5, 5.41) is 4.57. The van der Waals surface area contributed by atoms with Gasteiger partial charge in [-0.2, -0.15) is 0 Å². The van der Waals surface area contributed by atoms with Crippen LogP contribution in [-0.2, 0) is 4.79 Å². The van der Waals surface area contributed by atoms with Crippen LogP contribution in [0.5, 0.6) is 0 Å². The highest BCUT2D eigenvalue weighted by Crippen LogP contribution is 2.17. The van der Waals surface area contributed by atoms with Gasteiger partial charge in [-0.15, -0.1) is 0 Å². The summed E-state index contributed by atoms with van der Waals surface area (Å²) in [7, 11) is 0. The minimum absolute atomic E-state index is 0.116. The molecule has 0 aliphatic heterocycles. The zero-order chi connectivity index (χ0) is 16.1. The van der Waals surface area contributed by atoms with Crippen molar-refractivity contribution in [3.05, 3.63) is 58.9 Å². The summed E-state index contributed by atoms with van der Waals surface area (Å²) in [6.07, 6.45) is 1.52. The predicted molar refractivity (Wildman–Crippen MR) is 79.4 cm³/mol. The third-order valence-corrected chi connectivity index (χ3v) is 3.46. The van der Waals surface area contributed by atoms with Crippen LogP contribution in [0.2, 0.25) is 5.15 Å². The monoisotopic (exact) mass is 326 g/mol. The smallest absolute Gasteiger partial charge is 0.279 e. The third kappa shape index (κ3) is 4.22. The number of pyridine rings is 1. The van der Waals surface area contributed by atoms with Crippen molar-refractivity contribution in [2.45, 2.75) is 13.0 Å². The van der Waals surface area contributed by atoms with Gasteiger partial charge in [0.2, 0.25) is 0 Å². The van der Waals surface area contributed by atoms with Crippen molar-refractivity contribution in [2.24, 2.45) is 0 Å². The zero-order valence-corrected chi connectivity index (χ0v) is 12.6. The Morgan fingerprint density at radius 3 is 2.82 bits per heavy atom. The Balaban J connectivity index is 1.90. The van der Waals surface area contributed by atoms with Crippen LogP contribution in [0.4, 0.5) is 14.5 Å². The molecule has 116 valence electrons. The topological polar surface area (TPSA) is 58.6 Å². The molecule has 0 spiro atoms. The number of nitrogens with two attached hydrogens (primary N) is 1. The van der Waals surface area contributed by atoms with Crippen LogP contribution in [0.3, 0.4) is 0 Å². The number of benzene rings is 1. The quantitative estimate of drug-likeness (QED) is 0.828. The minimum Gasteiger partial charge on any atom is -0.333 e. The molecule has 1 aromatic heterocycles. The molecule has 22 heavy (non-hydrogen) atoms. The van der Waals surface area contributed by atoms with E-state index in [0.29, 0.717) is 11.3 Å². The van der Waals surface area contributed by atoms with Gasteiger partial charge in [0.25, 0.3) is 5.91 Å². The fourth-order valence-corrected chi connectivity index (χ4v) is 2.06. The summed E-state index contributed by atoms with van der Waals surface area (Å²) in [6, 6.07) is 6.82. The second-order valence-corrected chi connectivity index (χ2v) is 5.15. The summed E-state index contributed by atoms with van der Waals surface area (Å²) < 4.78 is 26.1. The van der Waals surface area contributed by atoms with E-state index in [0.717, 1.165) is 12.1 Å². The molecule has 2 rings (SSSR count). The molecule has 7 heteroatoms. The van der Waals surface area contributed by atoms with E-state index in [1.807, 2.05) is 0 Å². The molecular weight excluding hydrogens is 312 g/mol. The van der Waals surface area contributed by atoms with Gasteiger partial charge in [0.15, 0.2) is 23.3 Å². The number of carbonyl (C=O) groups is 1. The number of hydrogen-bond acceptors (Lipinski definition) is 2. The maximum absolute atomic E-state index is 13.2. The van der Waals surface area contributed by atoms with E-state index in [9.17, 15) is 13.6 Å². The summed E-state index contributed by atoms with van der Waals surface area (Å²) in [6.45, 7) is 1.92. The summed E-state index contributed by atoms with van der Waals surface area (Å²) in [4.78, 5) is 15.7. The molecule has 1 aromatic carbocycles. The van der Waals surface area contributed by atoms with Crippen molar-refractivity contribution in [3.63, 3.8) is 0 Å². The van der Waals surface area contributed by atoms with E-state index in [-0.39, 0.29) is 23.6 Å². The van der Waals surface area contributed by atoms with Crippen molar-refractivity contribution in [2.75, 3.05) is 11.9 Å². The van der Waals surface area contributed by atoms with Crippen LogP contribution < -0.4 is 10.6 Å². The van der Waals surface area contributed by atoms with Crippen molar-refractivity contribution in [3.8, 4) is 0 Å². The van der Waals surface area contributed by atoms with Gasteiger partial charge in [0, 0.05) is 11.8 Å². The van der Waals surface area contributed by atoms with Crippen LogP contribution in [0.15, 0.2) is 36.5 Å². The summed E-state index contributed by atoms with van der Waals surface area (Å²) >= 11 is 5.85. The van der Waals surface area contributed by atoms with Crippen LogP contribution in [0, 0.1) is 11.6 Å². The highest BCUT2D eigenvalue weighted by atomic mass is 35.5. The molecule has 0 saturated carbocycles. The Bertz CT molecular complexity index is 682. The Labute approximate surface area is 131 Å². The van der Waals surface area contributed by atoms with Gasteiger partial charge in [-0.05, 0) is 37.3 Å². The molecule has 2 aromatic rings.